The zero-order valence-corrected chi connectivity index (χ0v) is 84.3. The first-order valence-electron chi connectivity index (χ1n) is 40.3. The molecule has 3 radical (unpaired) electrons. The van der Waals surface area contributed by atoms with Crippen LogP contribution in [0, 0.1) is 57.2 Å². The third-order valence-electron chi connectivity index (χ3n) is 20.7. The molecule has 120 heavy (non-hydrogen) atoms. The number of rotatable bonds is 12. The van der Waals surface area contributed by atoms with Crippen molar-refractivity contribution < 1.29 is 60.3 Å². The molecule has 0 saturated carbocycles. The maximum absolute atomic E-state index is 4.67. The van der Waals surface area contributed by atoms with Crippen LogP contribution in [-0.2, 0) is 60.3 Å². The molecule has 6 nitrogen and oxygen atoms in total. The standard InChI is InChI=1S/3C23H24NSSi.3C12H10N.3Ir/c1-15(2)16-12-13-24-20(14-16)19-10-6-8-17-18-9-7-11-21(26(3,4)5)23(18)25-22(17)19;1-15(2)16-11-12-24-21(13-16)20-8-6-7-19-18-10-9-17(26(3,4)5)14-22(18)25-23(19)20;1-15(2)16-11-12-24-21(13-16)19-8-6-7-18-20-14-17(26(3,4)5)9-10-22(20)25-23(18)19;3*1-10-7-8-12(13-9-10)11-5-3-2-4-6-11;;;/h6-9,11-15H,1-5H3;2*6-7,9-15H,1-5H3;3*2-5,7-9H,1H3;;;/q6*-1;;;. The maximum Gasteiger partial charge on any atom is 0.0794 e. The molecular formula is C105H102Ir3N6S3Si3-6. The summed E-state index contributed by atoms with van der Waals surface area (Å²) in [7, 11) is -4.03. The van der Waals surface area contributed by atoms with Gasteiger partial charge in [-0.1, -0.05) is 241 Å². The van der Waals surface area contributed by atoms with E-state index in [9.17, 15) is 0 Å². The minimum Gasteiger partial charge on any atom is -0.305 e. The molecular weight excluding hydrogens is 2100 g/mol. The van der Waals surface area contributed by atoms with Crippen LogP contribution in [0.4, 0.5) is 0 Å². The summed E-state index contributed by atoms with van der Waals surface area (Å²) in [5.41, 5.74) is 20.0. The van der Waals surface area contributed by atoms with Gasteiger partial charge in [0.15, 0.2) is 0 Å². The number of aromatic nitrogens is 6. The SMILES string of the molecule is CC(C)c1ccnc(-c2[c-]ccc3c2sc2c([Si](C)(C)C)cccc23)c1.CC(C)c1ccnc(-c2[c-]ccc3c2sc2cc([Si](C)(C)C)ccc23)c1.CC(C)c1ccnc(-c2[c-]ccc3c2sc2ccc([Si](C)(C)C)cc23)c1.Cc1ccc(-c2[c-]cccc2)nc1.Cc1ccc(-c2[c-]cccc2)nc1.Cc1ccc(-c2[c-]cccc2)nc1.[Ir].[Ir].[Ir]. The molecule has 0 fully saturated rings. The molecule has 0 aliphatic carbocycles. The van der Waals surface area contributed by atoms with Gasteiger partial charge in [0.25, 0.3) is 0 Å². The largest absolute Gasteiger partial charge is 0.305 e. The Kier molecular flexibility index (Phi) is 32.5. The van der Waals surface area contributed by atoms with E-state index in [0.717, 1.165) is 67.5 Å². The van der Waals surface area contributed by atoms with Crippen molar-refractivity contribution in [2.45, 2.75) is 139 Å². The van der Waals surface area contributed by atoms with Gasteiger partial charge in [-0.15, -0.1) is 179 Å². The van der Waals surface area contributed by atoms with Crippen molar-refractivity contribution >= 4 is 134 Å². The van der Waals surface area contributed by atoms with E-state index in [0.29, 0.717) is 17.8 Å². The van der Waals surface area contributed by atoms with Gasteiger partial charge in [-0.2, -0.15) is 34.0 Å². The van der Waals surface area contributed by atoms with Crippen molar-refractivity contribution in [3.8, 4) is 67.5 Å². The van der Waals surface area contributed by atoms with Gasteiger partial charge in [-0.25, -0.2) is 0 Å². The van der Waals surface area contributed by atoms with E-state index >= 15 is 0 Å². The number of benzene rings is 9. The first-order chi connectivity index (χ1) is 56.1. The van der Waals surface area contributed by atoms with Gasteiger partial charge in [0, 0.05) is 112 Å². The monoisotopic (exact) mass is 2210 g/mol. The van der Waals surface area contributed by atoms with Gasteiger partial charge in [0.05, 0.1) is 24.2 Å². The maximum atomic E-state index is 4.67. The van der Waals surface area contributed by atoms with Crippen LogP contribution in [0.2, 0.25) is 58.9 Å². The first kappa shape index (κ1) is 93.4. The second-order valence-corrected chi connectivity index (χ2v) is 52.1. The van der Waals surface area contributed by atoms with Gasteiger partial charge in [0.1, 0.15) is 0 Å². The molecule has 15 heteroatoms. The Balaban J connectivity index is 0.000000155. The normalized spacial score (nSPS) is 11.3. The van der Waals surface area contributed by atoms with Crippen molar-refractivity contribution in [2.24, 2.45) is 0 Å². The summed E-state index contributed by atoms with van der Waals surface area (Å²) in [6.07, 6.45) is 11.4. The molecule has 0 aliphatic rings. The predicted octanol–water partition coefficient (Wildman–Crippen LogP) is 28.3. The number of aryl methyl sites for hydroxylation is 3. The summed E-state index contributed by atoms with van der Waals surface area (Å²) in [6.45, 7) is 41.1. The summed E-state index contributed by atoms with van der Waals surface area (Å²) in [5.74, 6) is 1.49. The van der Waals surface area contributed by atoms with Crippen molar-refractivity contribution in [1.82, 2.24) is 29.9 Å². The molecule has 0 saturated heterocycles. The van der Waals surface area contributed by atoms with Crippen LogP contribution in [0.5, 0.6) is 0 Å². The zero-order valence-electron chi connectivity index (χ0n) is 71.6. The zero-order chi connectivity index (χ0) is 82.7. The smallest absolute Gasteiger partial charge is 0.0794 e. The van der Waals surface area contributed by atoms with E-state index in [4.69, 9.17) is 0 Å². The van der Waals surface area contributed by atoms with Crippen molar-refractivity contribution in [2.75, 3.05) is 0 Å². The molecule has 0 amide bonds. The van der Waals surface area contributed by atoms with E-state index in [1.165, 1.54) is 104 Å². The Hall–Kier alpha value is -8.86. The van der Waals surface area contributed by atoms with Crippen LogP contribution in [0.25, 0.3) is 128 Å². The van der Waals surface area contributed by atoms with Crippen LogP contribution >= 0.6 is 34.0 Å². The molecule has 0 atom stereocenters. The third-order valence-corrected chi connectivity index (χ3v) is 30.6. The van der Waals surface area contributed by atoms with Crippen LogP contribution in [0.3, 0.4) is 0 Å². The summed E-state index contributed by atoms with van der Waals surface area (Å²) in [4.78, 5) is 26.9. The van der Waals surface area contributed by atoms with E-state index in [1.807, 2.05) is 189 Å². The van der Waals surface area contributed by atoms with Crippen LogP contribution in [0.1, 0.15) is 92.7 Å². The summed E-state index contributed by atoms with van der Waals surface area (Å²) >= 11 is 5.65. The number of hydrogen-bond acceptors (Lipinski definition) is 9. The van der Waals surface area contributed by atoms with Crippen LogP contribution in [-0.4, -0.2) is 54.1 Å². The molecule has 0 aliphatic heterocycles. The average molecular weight is 2210 g/mol. The van der Waals surface area contributed by atoms with Gasteiger partial charge in [-0.05, 0) is 155 Å². The second-order valence-electron chi connectivity index (χ2n) is 33.8. The molecule has 0 spiro atoms. The van der Waals surface area contributed by atoms with E-state index < -0.39 is 24.2 Å². The van der Waals surface area contributed by atoms with Gasteiger partial charge >= 0.3 is 0 Å². The van der Waals surface area contributed by atoms with Crippen LogP contribution < -0.4 is 15.6 Å². The molecule has 9 heterocycles. The number of hydrogen-bond donors (Lipinski definition) is 0. The third kappa shape index (κ3) is 23.1. The molecule has 18 aromatic rings. The van der Waals surface area contributed by atoms with E-state index in [2.05, 4.69) is 306 Å². The molecule has 0 unspecified atom stereocenters. The van der Waals surface area contributed by atoms with Crippen molar-refractivity contribution in [1.29, 1.82) is 0 Å². The molecule has 9 aromatic carbocycles. The molecule has 0 bridgehead atoms. The van der Waals surface area contributed by atoms with Crippen molar-refractivity contribution in [3.05, 3.63) is 344 Å². The Morgan fingerprint density at radius 3 is 1.01 bits per heavy atom. The Morgan fingerprint density at radius 2 is 0.642 bits per heavy atom. The minimum absolute atomic E-state index is 0. The fraction of sp³-hybridized carbons (Fsp3) is 0.200. The van der Waals surface area contributed by atoms with Gasteiger partial charge < -0.3 is 29.9 Å². The topological polar surface area (TPSA) is 77.3 Å². The average Bonchev–Trinajstić information content (AvgIpc) is 1.61. The minimum atomic E-state index is -1.40. The fourth-order valence-electron chi connectivity index (χ4n) is 13.7. The molecule has 0 N–H and O–H groups in total. The summed E-state index contributed by atoms with van der Waals surface area (Å²) in [6, 6.07) is 102. The van der Waals surface area contributed by atoms with E-state index in [-0.39, 0.29) is 60.3 Å². The summed E-state index contributed by atoms with van der Waals surface area (Å²) < 4.78 is 8.07. The number of nitrogens with zero attached hydrogens (tertiary/aromatic N) is 6. The number of pyridine rings is 6. The molecule has 615 valence electrons. The molecule has 9 aromatic heterocycles. The second kappa shape index (κ2) is 41.8. The van der Waals surface area contributed by atoms with Crippen molar-refractivity contribution in [3.63, 3.8) is 0 Å². The fourth-order valence-corrected chi connectivity index (χ4v) is 22.3. The van der Waals surface area contributed by atoms with Gasteiger partial charge in [-0.3, -0.25) is 0 Å². The Morgan fingerprint density at radius 1 is 0.275 bits per heavy atom. The molecule has 18 rings (SSSR count). The van der Waals surface area contributed by atoms with E-state index in [1.54, 1.807) is 5.19 Å². The van der Waals surface area contributed by atoms with Gasteiger partial charge in [0.2, 0.25) is 0 Å². The predicted molar refractivity (Wildman–Crippen MR) is 515 cm³/mol. The quantitative estimate of drug-likeness (QED) is 0.0896. The Bertz CT molecular complexity index is 6130. The first-order valence-corrected chi connectivity index (χ1v) is 53.3. The number of thiophene rings is 3. The Labute approximate surface area is 767 Å². The van der Waals surface area contributed by atoms with Crippen LogP contribution in [0.15, 0.2) is 274 Å². The number of fused-ring (bicyclic) bond motifs is 9. The summed E-state index contributed by atoms with van der Waals surface area (Å²) in [5, 5.41) is 12.7.